The number of β-amino-alcohol motifs (C(OH)–C–C–N with tert-alkyl or cyclic N) is 1. The fourth-order valence-corrected chi connectivity index (χ4v) is 12.2. The van der Waals surface area contributed by atoms with Gasteiger partial charge in [-0.05, 0) is 129 Å². The zero-order valence-corrected chi connectivity index (χ0v) is 42.2. The van der Waals surface area contributed by atoms with Crippen LogP contribution in [0, 0.1) is 48.2 Å². The van der Waals surface area contributed by atoms with Crippen LogP contribution in [0.25, 0.3) is 32.8 Å². The molecular weight excluding hydrogens is 931 g/mol. The summed E-state index contributed by atoms with van der Waals surface area (Å²) in [4.78, 5) is 58.1. The molecule has 10 rings (SSSR count). The van der Waals surface area contributed by atoms with Crippen molar-refractivity contribution >= 4 is 51.0 Å². The first-order valence-electron chi connectivity index (χ1n) is 26.0. The van der Waals surface area contributed by atoms with Gasteiger partial charge in [0.2, 0.25) is 5.91 Å². The molecular formula is C57H66F2N8O6. The number of halogens is 2. The van der Waals surface area contributed by atoms with E-state index in [2.05, 4.69) is 32.9 Å². The molecule has 0 bridgehead atoms. The third-order valence-corrected chi connectivity index (χ3v) is 16.4. The van der Waals surface area contributed by atoms with Gasteiger partial charge in [0.25, 0.3) is 5.91 Å². The van der Waals surface area contributed by atoms with Crippen molar-refractivity contribution in [3.8, 4) is 35.2 Å². The van der Waals surface area contributed by atoms with Crippen LogP contribution < -0.4 is 19.9 Å². The lowest BCUT2D eigenvalue weighted by molar-refractivity contribution is -0.120. The van der Waals surface area contributed by atoms with Crippen molar-refractivity contribution in [3.05, 3.63) is 82.9 Å². The summed E-state index contributed by atoms with van der Waals surface area (Å²) >= 11 is 0. The van der Waals surface area contributed by atoms with E-state index in [1.165, 1.54) is 49.9 Å². The number of rotatable bonds is 11. The van der Waals surface area contributed by atoms with Crippen molar-refractivity contribution < 1.29 is 38.1 Å². The molecule has 5 aliphatic rings. The van der Waals surface area contributed by atoms with Gasteiger partial charge in [-0.3, -0.25) is 19.8 Å². The fraction of sp³-hybridized carbons (Fsp3) is 0.491. The number of anilines is 2. The van der Waals surface area contributed by atoms with E-state index in [-0.39, 0.29) is 63.5 Å². The van der Waals surface area contributed by atoms with E-state index in [1.54, 1.807) is 30.0 Å². The maximum atomic E-state index is 17.1. The Morgan fingerprint density at radius 2 is 1.67 bits per heavy atom. The molecule has 1 saturated carbocycles. The highest BCUT2D eigenvalue weighted by Gasteiger charge is 2.40. The predicted octanol–water partition coefficient (Wildman–Crippen LogP) is 8.27. The maximum Gasteiger partial charge on any atom is 0.328 e. The van der Waals surface area contributed by atoms with Crippen molar-refractivity contribution in [2.45, 2.75) is 84.2 Å². The van der Waals surface area contributed by atoms with Gasteiger partial charge >= 0.3 is 12.0 Å². The highest BCUT2D eigenvalue weighted by molar-refractivity contribution is 6.07. The van der Waals surface area contributed by atoms with E-state index in [4.69, 9.17) is 16.1 Å². The minimum atomic E-state index is -0.968. The van der Waals surface area contributed by atoms with E-state index in [0.717, 1.165) is 77.2 Å². The van der Waals surface area contributed by atoms with E-state index in [9.17, 15) is 24.6 Å². The molecule has 16 heteroatoms. The van der Waals surface area contributed by atoms with Crippen molar-refractivity contribution in [2.24, 2.45) is 17.3 Å². The molecule has 14 nitrogen and oxygen atoms in total. The second-order valence-corrected chi connectivity index (χ2v) is 21.8. The number of phenols is 1. The number of nitrogens with one attached hydrogen (secondary N) is 1. The van der Waals surface area contributed by atoms with Crippen LogP contribution >= 0.6 is 0 Å². The number of amides is 4. The monoisotopic (exact) mass is 997 g/mol. The number of urea groups is 1. The van der Waals surface area contributed by atoms with Gasteiger partial charge in [0, 0.05) is 112 Å². The highest BCUT2D eigenvalue weighted by atomic mass is 19.1. The van der Waals surface area contributed by atoms with Crippen LogP contribution in [0.4, 0.5) is 25.1 Å². The average molecular weight is 997 g/mol. The molecule has 2 atom stereocenters. The smallest absolute Gasteiger partial charge is 0.328 e. The van der Waals surface area contributed by atoms with E-state index in [1.807, 2.05) is 28.9 Å². The van der Waals surface area contributed by atoms with Crippen LogP contribution in [0.15, 0.2) is 54.6 Å². The Bertz CT molecular complexity index is 2990. The third-order valence-electron chi connectivity index (χ3n) is 16.4. The van der Waals surface area contributed by atoms with E-state index >= 15 is 8.78 Å². The minimum absolute atomic E-state index is 0.00829. The number of aliphatic hydroxyl groups is 1. The maximum absolute atomic E-state index is 17.1. The van der Waals surface area contributed by atoms with Gasteiger partial charge in [0.05, 0.1) is 17.8 Å². The topological polar surface area (TPSA) is 155 Å². The minimum Gasteiger partial charge on any atom is -0.508 e. The number of carbonyl (C=O) groups is 3. The number of aromatic nitrogens is 2. The largest absolute Gasteiger partial charge is 0.508 e. The second-order valence-electron chi connectivity index (χ2n) is 21.8. The molecule has 4 aromatic carbocycles. The summed E-state index contributed by atoms with van der Waals surface area (Å²) in [5.74, 6) is 1.91. The highest BCUT2D eigenvalue weighted by Crippen LogP contribution is 2.47. The quantitative estimate of drug-likeness (QED) is 0.110. The van der Waals surface area contributed by atoms with Gasteiger partial charge in [0.1, 0.15) is 22.9 Å². The molecule has 1 aromatic heterocycles. The Morgan fingerprint density at radius 1 is 0.918 bits per heavy atom. The lowest BCUT2D eigenvalue weighted by Crippen LogP contribution is -2.50. The van der Waals surface area contributed by atoms with Gasteiger partial charge in [0.15, 0.2) is 5.82 Å². The number of carbonyl (C=O) groups excluding carboxylic acids is 3. The van der Waals surface area contributed by atoms with E-state index in [0.29, 0.717) is 71.8 Å². The normalized spacial score (nSPS) is 21.7. The number of aromatic hydroxyl groups is 1. The lowest BCUT2D eigenvalue weighted by atomic mass is 9.65. The fourth-order valence-electron chi connectivity index (χ4n) is 12.2. The molecule has 4 saturated heterocycles. The Morgan fingerprint density at radius 3 is 2.40 bits per heavy atom. The van der Waals surface area contributed by atoms with Crippen molar-refractivity contribution in [3.63, 3.8) is 0 Å². The van der Waals surface area contributed by atoms with Crippen LogP contribution in [0.5, 0.6) is 11.8 Å². The number of fused-ring (bicyclic) bond motifs is 2. The summed E-state index contributed by atoms with van der Waals surface area (Å²) < 4.78 is 38.4. The number of likely N-dealkylation sites (tertiary alicyclic amines) is 1. The Labute approximate surface area is 425 Å². The number of nitrogens with zero attached hydrogens (tertiary/aromatic N) is 7. The molecule has 1 aliphatic carbocycles. The molecule has 3 N–H and O–H groups in total. The number of imide groups is 1. The van der Waals surface area contributed by atoms with Gasteiger partial charge in [-0.2, -0.15) is 9.97 Å². The van der Waals surface area contributed by atoms with Crippen LogP contribution in [-0.4, -0.2) is 137 Å². The summed E-state index contributed by atoms with van der Waals surface area (Å²) in [5.41, 5.74) is 1.73. The molecule has 0 unspecified atom stereocenters. The SMILES string of the molecule is C#Cc1c(F)ccc2cc(O)cc(-c3ccc4c(N5CCC[C@@](C)(O)C5)nc(OC[C@H](C)CN5CCN(CC6CCC7(CC6)CCN(C(=O)c6ccc(C)c(N8CCC(=O)NC8=O)c6)CC7)CC5)nc4c3F)c12. The number of terminal acetylenes is 1. The summed E-state index contributed by atoms with van der Waals surface area (Å²) in [6.07, 6.45) is 14.1. The standard InChI is InChI=1S/C57H66F2N8O6/c1-5-42-46(58)12-9-39-29-41(68)31-45(49(39)42)43-10-11-44-51(50(43)59)61-54(62-52(44)66-21-6-16-56(4,72)35-66)73-34-36(2)32-63-25-27-64(28-26-63)33-38-13-17-57(18-14-38)19-23-65(24-20-57)53(70)40-8-7-37(3)47(30-40)67-22-15-48(69)60-55(67)71/h1,7-12,29-31,36,38,68,72H,6,13-28,32-35H2,2-4H3,(H,60,69,71)/t36-,56-/m1/s1. The van der Waals surface area contributed by atoms with Gasteiger partial charge in [-0.15, -0.1) is 6.42 Å². The summed E-state index contributed by atoms with van der Waals surface area (Å²) in [5, 5.41) is 25.4. The molecule has 384 valence electrons. The van der Waals surface area contributed by atoms with Gasteiger partial charge < -0.3 is 34.5 Å². The first-order valence-corrected chi connectivity index (χ1v) is 26.0. The number of aryl methyl sites for hydroxylation is 1. The lowest BCUT2D eigenvalue weighted by Gasteiger charge is -2.47. The number of hydrogen-bond donors (Lipinski definition) is 3. The van der Waals surface area contributed by atoms with Crippen LogP contribution in [0.1, 0.15) is 93.1 Å². The van der Waals surface area contributed by atoms with Gasteiger partial charge in [-0.25, -0.2) is 13.6 Å². The average Bonchev–Trinajstić information content (AvgIpc) is 3.37. The summed E-state index contributed by atoms with van der Waals surface area (Å²) in [7, 11) is 0. The van der Waals surface area contributed by atoms with Gasteiger partial charge in [-0.1, -0.05) is 31.0 Å². The number of phenolic OH excluding ortho intramolecular Hbond substituents is 1. The van der Waals surface area contributed by atoms with Crippen molar-refractivity contribution in [1.82, 2.24) is 30.0 Å². The van der Waals surface area contributed by atoms with Crippen LogP contribution in [0.2, 0.25) is 0 Å². The molecule has 5 fully saturated rings. The summed E-state index contributed by atoms with van der Waals surface area (Å²) in [6.45, 7) is 14.6. The number of ether oxygens (including phenoxy) is 1. The Balaban J connectivity index is 0.728. The second kappa shape index (κ2) is 20.5. The molecule has 4 amide bonds. The predicted molar refractivity (Wildman–Crippen MR) is 278 cm³/mol. The number of benzene rings is 4. The molecule has 73 heavy (non-hydrogen) atoms. The first kappa shape index (κ1) is 50.1. The Hall–Kier alpha value is -6.41. The summed E-state index contributed by atoms with van der Waals surface area (Å²) in [6, 6.07) is 14.0. The third kappa shape index (κ3) is 10.5. The zero-order valence-electron chi connectivity index (χ0n) is 42.2. The number of piperazine rings is 1. The van der Waals surface area contributed by atoms with Crippen LogP contribution in [0.3, 0.4) is 0 Å². The van der Waals surface area contributed by atoms with Crippen molar-refractivity contribution in [1.29, 1.82) is 0 Å². The Kier molecular flexibility index (Phi) is 14.1. The molecule has 5 aromatic rings. The first-order chi connectivity index (χ1) is 35.1. The zero-order chi connectivity index (χ0) is 51.2. The van der Waals surface area contributed by atoms with Crippen molar-refractivity contribution in [2.75, 3.05) is 88.4 Å². The number of piperidine rings is 2. The van der Waals surface area contributed by atoms with E-state index < -0.39 is 23.3 Å². The molecule has 1 spiro atoms. The number of hydrogen-bond acceptors (Lipinski definition) is 11. The molecule has 5 heterocycles. The molecule has 0 radical (unpaired) electrons. The van der Waals surface area contributed by atoms with Crippen LogP contribution in [-0.2, 0) is 4.79 Å². The molecule has 4 aliphatic heterocycles.